The molecule has 1 saturated heterocycles. The molecule has 1 N–H and O–H groups in total. The zero-order chi connectivity index (χ0) is 22.4. The third-order valence-corrected chi connectivity index (χ3v) is 6.93. The summed E-state index contributed by atoms with van der Waals surface area (Å²) in [4.78, 5) is 15.0. The monoisotopic (exact) mass is 451 g/mol. The van der Waals surface area contributed by atoms with Crippen molar-refractivity contribution in [1.29, 1.82) is 0 Å². The fourth-order valence-corrected chi connectivity index (χ4v) is 5.28. The Morgan fingerprint density at radius 1 is 1.09 bits per heavy atom. The van der Waals surface area contributed by atoms with E-state index in [2.05, 4.69) is 20.4 Å². The minimum Gasteiger partial charge on any atom is -0.484 e. The van der Waals surface area contributed by atoms with E-state index in [9.17, 15) is 9.18 Å². The standard InChI is InChI=1S/C24H26FN5O3/c25-20-3-1-15-2-4-22(31)30-18(12-19(20)23(15)30)14-29-7-5-16(6-8-29)26-13-17-11-21-24(28-27-17)33-10-9-32-21/h1-4,11,16,18,26H,5-10,12-14H2. The largest absolute Gasteiger partial charge is 0.484 e. The van der Waals surface area contributed by atoms with Crippen LogP contribution >= 0.6 is 0 Å². The first-order chi connectivity index (χ1) is 16.2. The molecule has 3 aliphatic rings. The molecule has 1 atom stereocenters. The SMILES string of the molecule is O=c1ccc2ccc(F)c3c2n1C(CN1CCC(NCc2cc4c(nn2)OCCO4)CC1)C3. The minimum atomic E-state index is -0.213. The number of likely N-dealkylation sites (tertiary alicyclic amines) is 1. The van der Waals surface area contributed by atoms with Crippen LogP contribution in [-0.4, -0.2) is 58.6 Å². The van der Waals surface area contributed by atoms with Crippen LogP contribution in [0.2, 0.25) is 0 Å². The average molecular weight is 452 g/mol. The second-order valence-corrected chi connectivity index (χ2v) is 9.02. The van der Waals surface area contributed by atoms with E-state index in [4.69, 9.17) is 9.47 Å². The van der Waals surface area contributed by atoms with Crippen LogP contribution in [0.25, 0.3) is 10.9 Å². The third kappa shape index (κ3) is 3.85. The van der Waals surface area contributed by atoms with E-state index in [1.54, 1.807) is 22.8 Å². The summed E-state index contributed by atoms with van der Waals surface area (Å²) >= 11 is 0. The van der Waals surface area contributed by atoms with Gasteiger partial charge in [-0.15, -0.1) is 5.10 Å². The Bertz CT molecular complexity index is 1250. The van der Waals surface area contributed by atoms with Crippen molar-refractivity contribution in [3.8, 4) is 11.6 Å². The molecule has 8 nitrogen and oxygen atoms in total. The maximum atomic E-state index is 14.4. The van der Waals surface area contributed by atoms with Gasteiger partial charge in [0.15, 0.2) is 5.75 Å². The molecule has 1 unspecified atom stereocenters. The van der Waals surface area contributed by atoms with Crippen molar-refractivity contribution in [3.05, 3.63) is 57.8 Å². The number of piperidine rings is 1. The van der Waals surface area contributed by atoms with Gasteiger partial charge in [-0.2, -0.15) is 5.10 Å². The highest BCUT2D eigenvalue weighted by Crippen LogP contribution is 2.33. The van der Waals surface area contributed by atoms with Gasteiger partial charge in [-0.25, -0.2) is 4.39 Å². The van der Waals surface area contributed by atoms with Crippen molar-refractivity contribution in [2.24, 2.45) is 0 Å². The number of fused-ring (bicyclic) bond motifs is 1. The molecule has 3 aliphatic heterocycles. The maximum absolute atomic E-state index is 14.4. The molecule has 6 rings (SSSR count). The summed E-state index contributed by atoms with van der Waals surface area (Å²) in [5, 5.41) is 12.8. The van der Waals surface area contributed by atoms with Crippen LogP contribution in [0.1, 0.15) is 30.1 Å². The average Bonchev–Trinajstić information content (AvgIpc) is 3.23. The van der Waals surface area contributed by atoms with E-state index in [-0.39, 0.29) is 17.4 Å². The van der Waals surface area contributed by atoms with Crippen molar-refractivity contribution in [1.82, 2.24) is 25.0 Å². The lowest BCUT2D eigenvalue weighted by atomic mass is 10.0. The van der Waals surface area contributed by atoms with Crippen LogP contribution in [0.3, 0.4) is 0 Å². The summed E-state index contributed by atoms with van der Waals surface area (Å²) in [5.41, 5.74) is 2.23. The van der Waals surface area contributed by atoms with Gasteiger partial charge in [0, 0.05) is 36.8 Å². The molecule has 0 saturated carbocycles. The molecule has 5 heterocycles. The Morgan fingerprint density at radius 2 is 1.91 bits per heavy atom. The lowest BCUT2D eigenvalue weighted by Crippen LogP contribution is -2.44. The van der Waals surface area contributed by atoms with E-state index < -0.39 is 0 Å². The summed E-state index contributed by atoms with van der Waals surface area (Å²) in [7, 11) is 0. The molecule has 0 bridgehead atoms. The number of benzene rings is 1. The molecular weight excluding hydrogens is 425 g/mol. The molecular formula is C24H26FN5O3. The summed E-state index contributed by atoms with van der Waals surface area (Å²) in [6.45, 7) is 4.29. The minimum absolute atomic E-state index is 0.0226. The molecule has 0 amide bonds. The molecule has 3 aromatic rings. The van der Waals surface area contributed by atoms with Crippen LogP contribution in [0.15, 0.2) is 35.1 Å². The normalized spacial score (nSPS) is 20.5. The fourth-order valence-electron chi connectivity index (χ4n) is 5.28. The molecule has 0 spiro atoms. The van der Waals surface area contributed by atoms with Crippen LogP contribution in [-0.2, 0) is 13.0 Å². The van der Waals surface area contributed by atoms with Crippen molar-refractivity contribution < 1.29 is 13.9 Å². The molecule has 1 fully saturated rings. The van der Waals surface area contributed by atoms with Gasteiger partial charge >= 0.3 is 0 Å². The Hall–Kier alpha value is -3.04. The van der Waals surface area contributed by atoms with Gasteiger partial charge < -0.3 is 24.3 Å². The number of rotatable bonds is 5. The van der Waals surface area contributed by atoms with Crippen molar-refractivity contribution >= 4 is 10.9 Å². The van der Waals surface area contributed by atoms with Crippen molar-refractivity contribution in [2.45, 2.75) is 37.9 Å². The Morgan fingerprint density at radius 3 is 2.79 bits per heavy atom. The number of nitrogens with zero attached hydrogens (tertiary/aromatic N) is 4. The van der Waals surface area contributed by atoms with E-state index in [0.29, 0.717) is 49.4 Å². The predicted octanol–water partition coefficient (Wildman–Crippen LogP) is 2.05. The quantitative estimate of drug-likeness (QED) is 0.636. The summed E-state index contributed by atoms with van der Waals surface area (Å²) in [6.07, 6.45) is 2.58. The molecule has 33 heavy (non-hydrogen) atoms. The van der Waals surface area contributed by atoms with Gasteiger partial charge in [-0.05, 0) is 55.9 Å². The summed E-state index contributed by atoms with van der Waals surface area (Å²) < 4.78 is 27.3. The van der Waals surface area contributed by atoms with Gasteiger partial charge in [0.2, 0.25) is 0 Å². The number of aromatic nitrogens is 3. The molecule has 1 aromatic carbocycles. The maximum Gasteiger partial charge on any atom is 0.276 e. The number of halogens is 1. The van der Waals surface area contributed by atoms with Crippen LogP contribution in [0, 0.1) is 5.82 Å². The number of ether oxygens (including phenoxy) is 2. The highest BCUT2D eigenvalue weighted by molar-refractivity contribution is 5.84. The van der Waals surface area contributed by atoms with Crippen LogP contribution < -0.4 is 20.3 Å². The van der Waals surface area contributed by atoms with Crippen molar-refractivity contribution in [2.75, 3.05) is 32.8 Å². The van der Waals surface area contributed by atoms with Crippen molar-refractivity contribution in [3.63, 3.8) is 0 Å². The topological polar surface area (TPSA) is 81.5 Å². The van der Waals surface area contributed by atoms with E-state index in [1.165, 1.54) is 6.07 Å². The molecule has 172 valence electrons. The fraction of sp³-hybridized carbons (Fsp3) is 0.458. The van der Waals surface area contributed by atoms with E-state index in [0.717, 1.165) is 49.1 Å². The van der Waals surface area contributed by atoms with Crippen LogP contribution in [0.4, 0.5) is 4.39 Å². The molecule has 0 aliphatic carbocycles. The first-order valence-corrected chi connectivity index (χ1v) is 11.6. The first-order valence-electron chi connectivity index (χ1n) is 11.6. The highest BCUT2D eigenvalue weighted by Gasteiger charge is 2.30. The molecule has 2 aromatic heterocycles. The van der Waals surface area contributed by atoms with Gasteiger partial charge in [0.05, 0.1) is 17.3 Å². The van der Waals surface area contributed by atoms with Crippen LogP contribution in [0.5, 0.6) is 11.6 Å². The number of pyridine rings is 1. The Labute approximate surface area is 190 Å². The number of nitrogens with one attached hydrogen (secondary N) is 1. The molecule has 0 radical (unpaired) electrons. The highest BCUT2D eigenvalue weighted by atomic mass is 19.1. The third-order valence-electron chi connectivity index (χ3n) is 6.93. The zero-order valence-corrected chi connectivity index (χ0v) is 18.3. The predicted molar refractivity (Wildman–Crippen MR) is 120 cm³/mol. The number of hydrogen-bond acceptors (Lipinski definition) is 7. The number of hydrogen-bond donors (Lipinski definition) is 1. The second-order valence-electron chi connectivity index (χ2n) is 9.02. The smallest absolute Gasteiger partial charge is 0.276 e. The van der Waals surface area contributed by atoms with E-state index >= 15 is 0 Å². The Balaban J connectivity index is 1.06. The second kappa shape index (κ2) is 8.39. The Kier molecular flexibility index (Phi) is 5.22. The van der Waals surface area contributed by atoms with Gasteiger partial charge in [-0.1, -0.05) is 0 Å². The lowest BCUT2D eigenvalue weighted by molar-refractivity contribution is 0.161. The van der Waals surface area contributed by atoms with Gasteiger partial charge in [-0.3, -0.25) is 4.79 Å². The summed E-state index contributed by atoms with van der Waals surface area (Å²) in [6, 6.07) is 8.92. The van der Waals surface area contributed by atoms with Gasteiger partial charge in [0.1, 0.15) is 19.0 Å². The molecule has 9 heteroatoms. The summed E-state index contributed by atoms with van der Waals surface area (Å²) in [5.74, 6) is 0.902. The zero-order valence-electron chi connectivity index (χ0n) is 18.3. The van der Waals surface area contributed by atoms with Gasteiger partial charge in [0.25, 0.3) is 11.4 Å². The lowest BCUT2D eigenvalue weighted by Gasteiger charge is -2.34. The first kappa shape index (κ1) is 20.6. The van der Waals surface area contributed by atoms with E-state index in [1.807, 2.05) is 6.07 Å².